The first-order chi connectivity index (χ1) is 14.5. The molecule has 30 heavy (non-hydrogen) atoms. The molecule has 2 aliphatic rings. The van der Waals surface area contributed by atoms with Crippen molar-refractivity contribution in [2.24, 2.45) is 7.05 Å². The fraction of sp³-hybridized carbons (Fsp3) is 0.174. The number of carbonyl (C=O) groups excluding carboxylic acids is 1. The summed E-state index contributed by atoms with van der Waals surface area (Å²) < 4.78 is 6.90. The van der Waals surface area contributed by atoms with E-state index in [0.29, 0.717) is 40.6 Å². The molecular formula is C23H19N3O4. The third kappa shape index (κ3) is 2.48. The van der Waals surface area contributed by atoms with Gasteiger partial charge in [0.05, 0.1) is 17.9 Å². The Morgan fingerprint density at radius 2 is 1.70 bits per heavy atom. The number of ketones is 1. The number of hydrogen-bond acceptors (Lipinski definition) is 5. The second kappa shape index (κ2) is 6.59. The summed E-state index contributed by atoms with van der Waals surface area (Å²) in [7, 11) is 1.59. The monoisotopic (exact) mass is 401 g/mol. The molecule has 0 amide bonds. The zero-order chi connectivity index (χ0) is 21.0. The van der Waals surface area contributed by atoms with Crippen LogP contribution in [-0.2, 0) is 7.05 Å². The molecule has 1 atom stereocenters. The zero-order valence-corrected chi connectivity index (χ0v) is 16.5. The van der Waals surface area contributed by atoms with E-state index in [-0.39, 0.29) is 5.78 Å². The van der Waals surface area contributed by atoms with Gasteiger partial charge < -0.3 is 10.1 Å². The molecule has 2 aromatic carbocycles. The van der Waals surface area contributed by atoms with Crippen LogP contribution in [0.25, 0.3) is 5.70 Å². The standard InChI is InChI=1S/C23H19N3O4/c1-3-30-13-10-8-12(9-11-13)16-17-19(14-6-4-5-7-15(14)20(17)27)24-21-18(16)22(28)25-23(29)26(21)2/h4-11,16,24H,3H2,1-2H3,(H,25,28,29). The number of anilines is 1. The maximum atomic E-state index is 13.4. The normalized spacial score (nSPS) is 16.6. The van der Waals surface area contributed by atoms with Crippen molar-refractivity contribution >= 4 is 17.3 Å². The van der Waals surface area contributed by atoms with Gasteiger partial charge >= 0.3 is 5.69 Å². The predicted octanol–water partition coefficient (Wildman–Crippen LogP) is 2.64. The van der Waals surface area contributed by atoms with Gasteiger partial charge in [0.25, 0.3) is 5.56 Å². The van der Waals surface area contributed by atoms with Gasteiger partial charge in [-0.25, -0.2) is 4.79 Å². The Labute approximate surface area is 171 Å². The van der Waals surface area contributed by atoms with E-state index in [9.17, 15) is 14.4 Å². The minimum Gasteiger partial charge on any atom is -0.494 e. The van der Waals surface area contributed by atoms with Crippen molar-refractivity contribution in [2.75, 3.05) is 11.9 Å². The van der Waals surface area contributed by atoms with Gasteiger partial charge in [0, 0.05) is 29.7 Å². The minimum absolute atomic E-state index is 0.120. The number of rotatable bonds is 3. The van der Waals surface area contributed by atoms with Gasteiger partial charge in [-0.2, -0.15) is 0 Å². The van der Waals surface area contributed by atoms with Gasteiger partial charge in [-0.3, -0.25) is 19.1 Å². The maximum Gasteiger partial charge on any atom is 0.329 e. The molecule has 0 fully saturated rings. The van der Waals surface area contributed by atoms with E-state index in [0.717, 1.165) is 11.1 Å². The van der Waals surface area contributed by atoms with Crippen LogP contribution >= 0.6 is 0 Å². The van der Waals surface area contributed by atoms with E-state index < -0.39 is 17.2 Å². The highest BCUT2D eigenvalue weighted by molar-refractivity contribution is 6.23. The molecule has 2 N–H and O–H groups in total. The number of fused-ring (bicyclic) bond motifs is 3. The summed E-state index contributed by atoms with van der Waals surface area (Å²) in [6, 6.07) is 14.7. The van der Waals surface area contributed by atoms with Crippen LogP contribution in [-0.4, -0.2) is 21.9 Å². The van der Waals surface area contributed by atoms with Crippen molar-refractivity contribution in [3.05, 3.63) is 97.2 Å². The molecule has 3 aromatic rings. The summed E-state index contributed by atoms with van der Waals surface area (Å²) in [5, 5.41) is 3.20. The highest BCUT2D eigenvalue weighted by Crippen LogP contribution is 2.47. The van der Waals surface area contributed by atoms with Gasteiger partial charge in [-0.05, 0) is 24.6 Å². The summed E-state index contributed by atoms with van der Waals surface area (Å²) in [5.41, 5.74) is 2.61. The number of aromatic nitrogens is 2. The molecule has 7 nitrogen and oxygen atoms in total. The fourth-order valence-electron chi connectivity index (χ4n) is 4.29. The van der Waals surface area contributed by atoms with Gasteiger partial charge in [-0.15, -0.1) is 0 Å². The highest BCUT2D eigenvalue weighted by atomic mass is 16.5. The van der Waals surface area contributed by atoms with Crippen LogP contribution in [0, 0.1) is 0 Å². The Morgan fingerprint density at radius 3 is 2.40 bits per heavy atom. The molecule has 1 unspecified atom stereocenters. The van der Waals surface area contributed by atoms with E-state index in [1.807, 2.05) is 49.4 Å². The SMILES string of the molecule is CCOc1ccc(C2C3=C(Nc4c2c(=O)[nH]c(=O)n4C)c2ccccc2C3=O)cc1. The second-order valence-electron chi connectivity index (χ2n) is 7.30. The predicted molar refractivity (Wildman–Crippen MR) is 113 cm³/mol. The molecule has 0 bridgehead atoms. The molecule has 1 aliphatic carbocycles. The van der Waals surface area contributed by atoms with Crippen molar-refractivity contribution in [2.45, 2.75) is 12.8 Å². The van der Waals surface area contributed by atoms with E-state index in [4.69, 9.17) is 4.74 Å². The van der Waals surface area contributed by atoms with Crippen molar-refractivity contribution < 1.29 is 9.53 Å². The first kappa shape index (κ1) is 18.2. The molecule has 150 valence electrons. The van der Waals surface area contributed by atoms with Crippen molar-refractivity contribution in [1.82, 2.24) is 9.55 Å². The van der Waals surface area contributed by atoms with Gasteiger partial charge in [-0.1, -0.05) is 36.4 Å². The summed E-state index contributed by atoms with van der Waals surface area (Å²) >= 11 is 0. The van der Waals surface area contributed by atoms with Crippen molar-refractivity contribution in [3.8, 4) is 5.75 Å². The molecule has 7 heteroatoms. The fourth-order valence-corrected chi connectivity index (χ4v) is 4.29. The third-order valence-electron chi connectivity index (χ3n) is 5.66. The molecule has 1 aliphatic heterocycles. The number of Topliss-reactive ketones (excluding diaryl/α,β-unsaturated/α-hetero) is 1. The number of H-pyrrole nitrogens is 1. The Bertz CT molecular complexity index is 1350. The lowest BCUT2D eigenvalue weighted by Crippen LogP contribution is -2.37. The topological polar surface area (TPSA) is 93.2 Å². The molecule has 0 saturated carbocycles. The smallest absolute Gasteiger partial charge is 0.329 e. The number of ether oxygens (including phenoxy) is 1. The summed E-state index contributed by atoms with van der Waals surface area (Å²) in [5.74, 6) is 0.374. The van der Waals surface area contributed by atoms with Crippen LogP contribution in [0.3, 0.4) is 0 Å². The van der Waals surface area contributed by atoms with Crippen LogP contribution in [0.2, 0.25) is 0 Å². The van der Waals surface area contributed by atoms with Crippen LogP contribution in [0.15, 0.2) is 63.7 Å². The molecule has 5 rings (SSSR count). The molecule has 0 radical (unpaired) electrons. The number of allylic oxidation sites excluding steroid dienone is 1. The van der Waals surface area contributed by atoms with Gasteiger partial charge in [0.2, 0.25) is 0 Å². The Morgan fingerprint density at radius 1 is 1.00 bits per heavy atom. The van der Waals surface area contributed by atoms with E-state index in [1.54, 1.807) is 13.1 Å². The molecule has 0 spiro atoms. The van der Waals surface area contributed by atoms with Crippen molar-refractivity contribution in [3.63, 3.8) is 0 Å². The maximum absolute atomic E-state index is 13.4. The van der Waals surface area contributed by atoms with Crippen LogP contribution in [0.5, 0.6) is 5.75 Å². The lowest BCUT2D eigenvalue weighted by atomic mass is 9.81. The molecule has 2 heterocycles. The van der Waals surface area contributed by atoms with Crippen LogP contribution in [0.1, 0.15) is 39.9 Å². The number of nitrogens with zero attached hydrogens (tertiary/aromatic N) is 1. The zero-order valence-electron chi connectivity index (χ0n) is 16.5. The lowest BCUT2D eigenvalue weighted by molar-refractivity contribution is 0.103. The number of carbonyl (C=O) groups is 1. The Hall–Kier alpha value is -3.87. The summed E-state index contributed by atoms with van der Waals surface area (Å²) in [6.07, 6.45) is 0. The lowest BCUT2D eigenvalue weighted by Gasteiger charge is -2.29. The van der Waals surface area contributed by atoms with Gasteiger partial charge in [0.15, 0.2) is 5.78 Å². The van der Waals surface area contributed by atoms with E-state index in [2.05, 4.69) is 10.3 Å². The van der Waals surface area contributed by atoms with Crippen LogP contribution in [0.4, 0.5) is 5.82 Å². The quantitative estimate of drug-likeness (QED) is 0.704. The Balaban J connectivity index is 1.79. The number of benzene rings is 2. The van der Waals surface area contributed by atoms with E-state index in [1.165, 1.54) is 4.57 Å². The number of aromatic amines is 1. The average molecular weight is 401 g/mol. The van der Waals surface area contributed by atoms with Gasteiger partial charge in [0.1, 0.15) is 11.6 Å². The first-order valence-corrected chi connectivity index (χ1v) is 9.72. The largest absolute Gasteiger partial charge is 0.494 e. The van der Waals surface area contributed by atoms with E-state index >= 15 is 0 Å². The van der Waals surface area contributed by atoms with Crippen molar-refractivity contribution in [1.29, 1.82) is 0 Å². The summed E-state index contributed by atoms with van der Waals surface area (Å²) in [6.45, 7) is 2.45. The molecule has 0 saturated heterocycles. The summed E-state index contributed by atoms with van der Waals surface area (Å²) in [4.78, 5) is 40.9. The Kier molecular flexibility index (Phi) is 3.99. The highest BCUT2D eigenvalue weighted by Gasteiger charge is 2.42. The third-order valence-corrected chi connectivity index (χ3v) is 5.66. The number of hydrogen-bond donors (Lipinski definition) is 2. The second-order valence-corrected chi connectivity index (χ2v) is 7.30. The molecule has 1 aromatic heterocycles. The first-order valence-electron chi connectivity index (χ1n) is 9.72. The van der Waals surface area contributed by atoms with Crippen LogP contribution < -0.4 is 21.3 Å². The molecular weight excluding hydrogens is 382 g/mol. The average Bonchev–Trinajstić information content (AvgIpc) is 3.04. The minimum atomic E-state index is -0.609. The number of nitrogens with one attached hydrogen (secondary N) is 2.